The maximum absolute atomic E-state index is 12.1. The predicted octanol–water partition coefficient (Wildman–Crippen LogP) is 1.68. The molecule has 18 heavy (non-hydrogen) atoms. The summed E-state index contributed by atoms with van der Waals surface area (Å²) >= 11 is 1.45. The lowest BCUT2D eigenvalue weighted by molar-refractivity contribution is 0.102. The number of hydrogen-bond donors (Lipinski definition) is 1. The number of rotatable bonds is 2. The molecule has 0 aromatic carbocycles. The van der Waals surface area contributed by atoms with E-state index in [4.69, 9.17) is 0 Å². The monoisotopic (exact) mass is 259 g/mol. The lowest BCUT2D eigenvalue weighted by Gasteiger charge is -1.99. The van der Waals surface area contributed by atoms with E-state index < -0.39 is 0 Å². The van der Waals surface area contributed by atoms with E-state index in [1.807, 2.05) is 0 Å². The number of nitrogens with one attached hydrogen (secondary N) is 1. The normalized spacial score (nSPS) is 10.7. The third-order valence-electron chi connectivity index (χ3n) is 2.44. The van der Waals surface area contributed by atoms with Gasteiger partial charge in [0.05, 0.1) is 27.7 Å². The Bertz CT molecular complexity index is 717. The summed E-state index contributed by atoms with van der Waals surface area (Å²) in [7, 11) is 1.79. The molecule has 3 rings (SSSR count). The van der Waals surface area contributed by atoms with Crippen molar-refractivity contribution in [2.45, 2.75) is 0 Å². The van der Waals surface area contributed by atoms with E-state index in [-0.39, 0.29) is 5.91 Å². The Morgan fingerprint density at radius 1 is 1.44 bits per heavy atom. The SMILES string of the molecule is Cn1cc(NC(=O)c2csc3cncnc23)cn1. The molecule has 0 fully saturated rings. The van der Waals surface area contributed by atoms with Gasteiger partial charge in [-0.05, 0) is 0 Å². The molecule has 90 valence electrons. The molecule has 0 aliphatic heterocycles. The molecule has 7 heteroatoms. The molecule has 0 spiro atoms. The molecule has 0 saturated carbocycles. The number of anilines is 1. The first-order chi connectivity index (χ1) is 8.74. The lowest BCUT2D eigenvalue weighted by Crippen LogP contribution is -2.11. The molecule has 1 N–H and O–H groups in total. The first kappa shape index (κ1) is 10.8. The van der Waals surface area contributed by atoms with Crippen molar-refractivity contribution in [3.05, 3.63) is 35.9 Å². The Balaban J connectivity index is 1.92. The Kier molecular flexibility index (Phi) is 2.52. The second-order valence-corrected chi connectivity index (χ2v) is 4.65. The van der Waals surface area contributed by atoms with Crippen molar-refractivity contribution in [1.82, 2.24) is 19.7 Å². The molecule has 3 aromatic heterocycles. The van der Waals surface area contributed by atoms with Gasteiger partial charge in [0, 0.05) is 24.8 Å². The van der Waals surface area contributed by atoms with Crippen LogP contribution >= 0.6 is 11.3 Å². The van der Waals surface area contributed by atoms with Crippen LogP contribution < -0.4 is 5.32 Å². The van der Waals surface area contributed by atoms with Gasteiger partial charge in [0.2, 0.25) is 0 Å². The number of hydrogen-bond acceptors (Lipinski definition) is 5. The van der Waals surface area contributed by atoms with Crippen molar-refractivity contribution in [2.24, 2.45) is 7.05 Å². The van der Waals surface area contributed by atoms with Crippen LogP contribution in [0.4, 0.5) is 5.69 Å². The summed E-state index contributed by atoms with van der Waals surface area (Å²) in [6, 6.07) is 0. The van der Waals surface area contributed by atoms with Crippen LogP contribution in [0.3, 0.4) is 0 Å². The predicted molar refractivity (Wildman–Crippen MR) is 68.6 cm³/mol. The number of thiophene rings is 1. The first-order valence-corrected chi connectivity index (χ1v) is 6.09. The Labute approximate surface area is 106 Å². The summed E-state index contributed by atoms with van der Waals surface area (Å²) < 4.78 is 2.53. The fourth-order valence-electron chi connectivity index (χ4n) is 1.63. The van der Waals surface area contributed by atoms with E-state index in [9.17, 15) is 4.79 Å². The molecule has 0 aliphatic carbocycles. The van der Waals surface area contributed by atoms with E-state index in [0.29, 0.717) is 16.8 Å². The van der Waals surface area contributed by atoms with Crippen molar-refractivity contribution in [3.8, 4) is 0 Å². The summed E-state index contributed by atoms with van der Waals surface area (Å²) in [6.07, 6.45) is 6.48. The van der Waals surface area contributed by atoms with Crippen LogP contribution in [0.1, 0.15) is 10.4 Å². The third kappa shape index (κ3) is 1.84. The fraction of sp³-hybridized carbons (Fsp3) is 0.0909. The Morgan fingerprint density at radius 3 is 3.11 bits per heavy atom. The zero-order valence-electron chi connectivity index (χ0n) is 9.49. The fourth-order valence-corrected chi connectivity index (χ4v) is 2.49. The number of nitrogens with zero attached hydrogens (tertiary/aromatic N) is 4. The second kappa shape index (κ2) is 4.19. The van der Waals surface area contributed by atoms with E-state index in [2.05, 4.69) is 20.4 Å². The molecule has 0 bridgehead atoms. The standard InChI is InChI=1S/C11H9N5OS/c1-16-4-7(2-14-16)15-11(17)8-5-18-9-3-12-6-13-10(8)9/h2-6H,1H3,(H,15,17). The highest BCUT2D eigenvalue weighted by atomic mass is 32.1. The van der Waals surface area contributed by atoms with E-state index in [1.165, 1.54) is 17.7 Å². The quantitative estimate of drug-likeness (QED) is 0.760. The Hall–Kier alpha value is -2.28. The third-order valence-corrected chi connectivity index (χ3v) is 3.35. The van der Waals surface area contributed by atoms with E-state index in [0.717, 1.165) is 4.70 Å². The van der Waals surface area contributed by atoms with Crippen LogP contribution in [0.2, 0.25) is 0 Å². The molecule has 1 amide bonds. The molecule has 6 nitrogen and oxygen atoms in total. The second-order valence-electron chi connectivity index (χ2n) is 3.74. The van der Waals surface area contributed by atoms with Crippen molar-refractivity contribution >= 4 is 33.1 Å². The van der Waals surface area contributed by atoms with Crippen molar-refractivity contribution in [2.75, 3.05) is 5.32 Å². The van der Waals surface area contributed by atoms with Gasteiger partial charge < -0.3 is 5.32 Å². The van der Waals surface area contributed by atoms with Crippen LogP contribution in [0.25, 0.3) is 10.2 Å². The molecular formula is C11H9N5OS. The highest BCUT2D eigenvalue weighted by Crippen LogP contribution is 2.23. The van der Waals surface area contributed by atoms with E-state index in [1.54, 1.807) is 35.7 Å². The molecule has 0 saturated heterocycles. The number of carbonyl (C=O) groups excluding carboxylic acids is 1. The summed E-state index contributed by atoms with van der Waals surface area (Å²) in [5, 5.41) is 8.56. The van der Waals surface area contributed by atoms with Crippen molar-refractivity contribution in [1.29, 1.82) is 0 Å². The minimum Gasteiger partial charge on any atom is -0.319 e. The highest BCUT2D eigenvalue weighted by Gasteiger charge is 2.13. The lowest BCUT2D eigenvalue weighted by atomic mass is 10.2. The molecular weight excluding hydrogens is 250 g/mol. The van der Waals surface area contributed by atoms with Crippen LogP contribution in [0.15, 0.2) is 30.3 Å². The zero-order chi connectivity index (χ0) is 12.5. The van der Waals surface area contributed by atoms with Gasteiger partial charge in [0.25, 0.3) is 5.91 Å². The van der Waals surface area contributed by atoms with Gasteiger partial charge in [-0.2, -0.15) is 5.10 Å². The first-order valence-electron chi connectivity index (χ1n) is 5.21. The molecule has 0 aliphatic rings. The summed E-state index contributed by atoms with van der Waals surface area (Å²) in [4.78, 5) is 20.2. The maximum Gasteiger partial charge on any atom is 0.258 e. The summed E-state index contributed by atoms with van der Waals surface area (Å²) in [5.74, 6) is -0.187. The van der Waals surface area contributed by atoms with Crippen LogP contribution in [-0.4, -0.2) is 25.7 Å². The van der Waals surface area contributed by atoms with Crippen LogP contribution in [-0.2, 0) is 7.05 Å². The smallest absolute Gasteiger partial charge is 0.258 e. The number of fused-ring (bicyclic) bond motifs is 1. The highest BCUT2D eigenvalue weighted by molar-refractivity contribution is 7.17. The van der Waals surface area contributed by atoms with Crippen molar-refractivity contribution < 1.29 is 4.79 Å². The molecule has 0 radical (unpaired) electrons. The minimum atomic E-state index is -0.187. The van der Waals surface area contributed by atoms with Gasteiger partial charge >= 0.3 is 0 Å². The van der Waals surface area contributed by atoms with Crippen LogP contribution in [0, 0.1) is 0 Å². The average Bonchev–Trinajstić information content (AvgIpc) is 2.95. The van der Waals surface area contributed by atoms with Gasteiger partial charge in [-0.1, -0.05) is 0 Å². The zero-order valence-corrected chi connectivity index (χ0v) is 10.3. The van der Waals surface area contributed by atoms with Gasteiger partial charge in [0.1, 0.15) is 6.33 Å². The molecule has 0 atom stereocenters. The summed E-state index contributed by atoms with van der Waals surface area (Å²) in [5.41, 5.74) is 1.90. The summed E-state index contributed by atoms with van der Waals surface area (Å²) in [6.45, 7) is 0. The van der Waals surface area contributed by atoms with Gasteiger partial charge in [-0.25, -0.2) is 9.97 Å². The van der Waals surface area contributed by atoms with Crippen LogP contribution in [0.5, 0.6) is 0 Å². The molecule has 0 unspecified atom stereocenters. The van der Waals surface area contributed by atoms with Crippen molar-refractivity contribution in [3.63, 3.8) is 0 Å². The number of aromatic nitrogens is 4. The Morgan fingerprint density at radius 2 is 2.33 bits per heavy atom. The average molecular weight is 259 g/mol. The number of amides is 1. The largest absolute Gasteiger partial charge is 0.319 e. The van der Waals surface area contributed by atoms with E-state index >= 15 is 0 Å². The number of aryl methyl sites for hydroxylation is 1. The van der Waals surface area contributed by atoms with Gasteiger partial charge in [0.15, 0.2) is 0 Å². The van der Waals surface area contributed by atoms with Gasteiger partial charge in [-0.15, -0.1) is 11.3 Å². The topological polar surface area (TPSA) is 72.7 Å². The molecule has 3 aromatic rings. The molecule has 3 heterocycles. The van der Waals surface area contributed by atoms with Gasteiger partial charge in [-0.3, -0.25) is 9.48 Å². The number of carbonyl (C=O) groups is 1. The maximum atomic E-state index is 12.1. The minimum absolute atomic E-state index is 0.187.